The molecule has 0 bridgehead atoms. The summed E-state index contributed by atoms with van der Waals surface area (Å²) in [7, 11) is -4.34. The van der Waals surface area contributed by atoms with Crippen molar-refractivity contribution in [1.29, 1.82) is 0 Å². The molecule has 4 aromatic rings. The van der Waals surface area contributed by atoms with E-state index in [0.717, 1.165) is 18.3 Å². The highest BCUT2D eigenvalue weighted by atomic mass is 35.5. The maximum atomic E-state index is 13.7. The number of benzene rings is 3. The maximum Gasteiger partial charge on any atom is 0.208 e. The Bertz CT molecular complexity index is 1340. The lowest BCUT2D eigenvalue weighted by atomic mass is 10.0. The van der Waals surface area contributed by atoms with Crippen molar-refractivity contribution in [3.05, 3.63) is 89.3 Å². The quantitative estimate of drug-likeness (QED) is 0.410. The highest BCUT2D eigenvalue weighted by Gasteiger charge is 2.26. The first-order valence-corrected chi connectivity index (χ1v) is 10.2. The summed E-state index contributed by atoms with van der Waals surface area (Å²) in [5.41, 5.74) is 0.944. The second-order valence-corrected chi connectivity index (χ2v) is 8.63. The van der Waals surface area contributed by atoms with Gasteiger partial charge in [0.1, 0.15) is 17.5 Å². The molecular formula is C21H11ClF3NO2S. The Kier molecular flexibility index (Phi) is 4.80. The molecule has 3 nitrogen and oxygen atoms in total. The molecule has 0 radical (unpaired) electrons. The number of pyridine rings is 1. The first-order chi connectivity index (χ1) is 13.8. The van der Waals surface area contributed by atoms with Gasteiger partial charge in [-0.1, -0.05) is 23.7 Å². The first-order valence-electron chi connectivity index (χ1n) is 8.31. The van der Waals surface area contributed by atoms with Gasteiger partial charge in [-0.15, -0.1) is 0 Å². The second-order valence-electron chi connectivity index (χ2n) is 6.27. The van der Waals surface area contributed by atoms with Crippen molar-refractivity contribution in [2.75, 3.05) is 0 Å². The Morgan fingerprint density at radius 1 is 0.793 bits per heavy atom. The average molecular weight is 434 g/mol. The molecule has 0 aliphatic heterocycles. The van der Waals surface area contributed by atoms with E-state index >= 15 is 0 Å². The van der Waals surface area contributed by atoms with E-state index < -0.39 is 32.2 Å². The third-order valence-corrected chi connectivity index (χ3v) is 6.36. The Morgan fingerprint density at radius 3 is 2.10 bits per heavy atom. The van der Waals surface area contributed by atoms with Gasteiger partial charge in [-0.2, -0.15) is 0 Å². The molecule has 0 atom stereocenters. The SMILES string of the molecule is O=S(=O)(c1cc(F)cc(F)c1)c1cnc2cc(F)ccc2c1-c1ccc(Cl)cc1. The molecule has 0 spiro atoms. The van der Waals surface area contributed by atoms with Crippen molar-refractivity contribution in [1.82, 2.24) is 4.98 Å². The van der Waals surface area contributed by atoms with Crippen LogP contribution in [0.1, 0.15) is 0 Å². The standard InChI is InChI=1S/C21H11ClF3NO2S/c22-13-3-1-12(2-4-13)21-18-6-5-14(23)10-19(18)26-11-20(21)29(27,28)17-8-15(24)7-16(25)9-17/h1-11H. The zero-order valence-corrected chi connectivity index (χ0v) is 16.1. The smallest absolute Gasteiger partial charge is 0.208 e. The normalized spacial score (nSPS) is 11.7. The van der Waals surface area contributed by atoms with Gasteiger partial charge in [-0.05, 0) is 42.0 Å². The highest BCUT2D eigenvalue weighted by Crippen LogP contribution is 2.37. The fraction of sp³-hybridized carbons (Fsp3) is 0. The zero-order chi connectivity index (χ0) is 20.8. The molecule has 0 unspecified atom stereocenters. The van der Waals surface area contributed by atoms with E-state index in [4.69, 9.17) is 11.6 Å². The van der Waals surface area contributed by atoms with Crippen LogP contribution in [0.2, 0.25) is 5.02 Å². The Labute approximate surface area is 169 Å². The zero-order valence-electron chi connectivity index (χ0n) is 14.5. The summed E-state index contributed by atoms with van der Waals surface area (Å²) < 4.78 is 67.5. The predicted molar refractivity (Wildman–Crippen MR) is 104 cm³/mol. The van der Waals surface area contributed by atoms with Gasteiger partial charge in [0, 0.05) is 34.3 Å². The summed E-state index contributed by atoms with van der Waals surface area (Å²) in [6, 6.07) is 12.2. The van der Waals surface area contributed by atoms with Crippen molar-refractivity contribution in [3.63, 3.8) is 0 Å². The largest absolute Gasteiger partial charge is 0.255 e. The van der Waals surface area contributed by atoms with Crippen LogP contribution in [0.15, 0.2) is 76.7 Å². The molecular weight excluding hydrogens is 423 g/mol. The third kappa shape index (κ3) is 3.59. The van der Waals surface area contributed by atoms with E-state index in [-0.39, 0.29) is 16.0 Å². The van der Waals surface area contributed by atoms with Gasteiger partial charge in [-0.25, -0.2) is 21.6 Å². The van der Waals surface area contributed by atoms with E-state index in [9.17, 15) is 21.6 Å². The number of hydrogen-bond acceptors (Lipinski definition) is 3. The minimum atomic E-state index is -4.34. The van der Waals surface area contributed by atoms with Crippen LogP contribution in [0, 0.1) is 17.5 Å². The molecule has 146 valence electrons. The molecule has 29 heavy (non-hydrogen) atoms. The van der Waals surface area contributed by atoms with E-state index in [1.165, 1.54) is 18.2 Å². The minimum Gasteiger partial charge on any atom is -0.255 e. The lowest BCUT2D eigenvalue weighted by Gasteiger charge is -2.14. The van der Waals surface area contributed by atoms with Crippen LogP contribution in [0.4, 0.5) is 13.2 Å². The number of fused-ring (bicyclic) bond motifs is 1. The number of halogens is 4. The molecule has 0 amide bonds. The summed E-state index contributed by atoms with van der Waals surface area (Å²) in [6.45, 7) is 0. The Morgan fingerprint density at radius 2 is 1.45 bits per heavy atom. The molecule has 0 fully saturated rings. The molecule has 0 saturated carbocycles. The fourth-order valence-corrected chi connectivity index (χ4v) is 4.68. The molecule has 0 saturated heterocycles. The Balaban J connectivity index is 2.07. The van der Waals surface area contributed by atoms with Crippen LogP contribution in [0.25, 0.3) is 22.0 Å². The van der Waals surface area contributed by atoms with Crippen molar-refractivity contribution < 1.29 is 21.6 Å². The molecule has 0 aliphatic rings. The van der Waals surface area contributed by atoms with Crippen molar-refractivity contribution in [3.8, 4) is 11.1 Å². The summed E-state index contributed by atoms with van der Waals surface area (Å²) in [4.78, 5) is 3.24. The van der Waals surface area contributed by atoms with Gasteiger partial charge >= 0.3 is 0 Å². The Hall–Kier alpha value is -2.90. The lowest BCUT2D eigenvalue weighted by Crippen LogP contribution is -2.07. The van der Waals surface area contributed by atoms with E-state index in [0.29, 0.717) is 22.0 Å². The molecule has 1 aromatic heterocycles. The van der Waals surface area contributed by atoms with Crippen LogP contribution in [-0.2, 0) is 9.84 Å². The summed E-state index contributed by atoms with van der Waals surface area (Å²) >= 11 is 5.94. The maximum absolute atomic E-state index is 13.7. The summed E-state index contributed by atoms with van der Waals surface area (Å²) in [5, 5.41) is 0.807. The van der Waals surface area contributed by atoms with Gasteiger partial charge in [0.2, 0.25) is 9.84 Å². The van der Waals surface area contributed by atoms with Crippen LogP contribution in [-0.4, -0.2) is 13.4 Å². The molecule has 3 aromatic carbocycles. The minimum absolute atomic E-state index is 0.233. The van der Waals surface area contributed by atoms with Gasteiger partial charge in [0.15, 0.2) is 0 Å². The van der Waals surface area contributed by atoms with Gasteiger partial charge in [-0.3, -0.25) is 4.98 Å². The molecule has 0 N–H and O–H groups in total. The monoisotopic (exact) mass is 433 g/mol. The van der Waals surface area contributed by atoms with Crippen molar-refractivity contribution >= 4 is 32.3 Å². The number of aromatic nitrogens is 1. The molecule has 8 heteroatoms. The van der Waals surface area contributed by atoms with E-state index in [1.54, 1.807) is 24.3 Å². The number of nitrogens with zero attached hydrogens (tertiary/aromatic N) is 1. The number of rotatable bonds is 3. The van der Waals surface area contributed by atoms with Crippen LogP contribution >= 0.6 is 11.6 Å². The van der Waals surface area contributed by atoms with Gasteiger partial charge < -0.3 is 0 Å². The van der Waals surface area contributed by atoms with Gasteiger partial charge in [0.25, 0.3) is 0 Å². The third-order valence-electron chi connectivity index (χ3n) is 4.37. The van der Waals surface area contributed by atoms with E-state index in [2.05, 4.69) is 4.98 Å². The van der Waals surface area contributed by atoms with Crippen molar-refractivity contribution in [2.24, 2.45) is 0 Å². The molecule has 0 aliphatic carbocycles. The highest BCUT2D eigenvalue weighted by molar-refractivity contribution is 7.91. The van der Waals surface area contributed by atoms with Crippen LogP contribution < -0.4 is 0 Å². The van der Waals surface area contributed by atoms with E-state index in [1.807, 2.05) is 0 Å². The van der Waals surface area contributed by atoms with Crippen molar-refractivity contribution in [2.45, 2.75) is 9.79 Å². The number of hydrogen-bond donors (Lipinski definition) is 0. The molecule has 4 rings (SSSR count). The first kappa shape index (κ1) is 19.4. The number of sulfone groups is 1. The van der Waals surface area contributed by atoms with Crippen LogP contribution in [0.5, 0.6) is 0 Å². The second kappa shape index (κ2) is 7.17. The predicted octanol–water partition coefficient (Wildman–Crippen LogP) is 5.81. The summed E-state index contributed by atoms with van der Waals surface area (Å²) in [5.74, 6) is -2.57. The summed E-state index contributed by atoms with van der Waals surface area (Å²) in [6.07, 6.45) is 1.06. The fourth-order valence-electron chi connectivity index (χ4n) is 3.08. The average Bonchev–Trinajstić information content (AvgIpc) is 2.67. The van der Waals surface area contributed by atoms with Gasteiger partial charge in [0.05, 0.1) is 15.3 Å². The van der Waals surface area contributed by atoms with Crippen LogP contribution in [0.3, 0.4) is 0 Å². The molecule has 1 heterocycles. The topological polar surface area (TPSA) is 47.0 Å². The lowest BCUT2D eigenvalue weighted by molar-refractivity contribution is 0.567.